The number of hydrogen-bond acceptors (Lipinski definition) is 7. The van der Waals surface area contributed by atoms with Gasteiger partial charge in [0.15, 0.2) is 0 Å². The lowest BCUT2D eigenvalue weighted by Crippen LogP contribution is -2.40. The Morgan fingerprint density at radius 3 is 2.66 bits per heavy atom. The number of H-pyrrole nitrogens is 1. The van der Waals surface area contributed by atoms with Crippen molar-refractivity contribution >= 4 is 17.7 Å². The van der Waals surface area contributed by atoms with Crippen molar-refractivity contribution in [3.8, 4) is 16.8 Å². The molecule has 1 aromatic carbocycles. The average molecular weight is 577 g/mol. The number of aryl methyl sites for hydroxylation is 1. The molecule has 11 nitrogen and oxygen atoms in total. The summed E-state index contributed by atoms with van der Waals surface area (Å²) in [5.74, 6) is 1.14. The number of pyridine rings is 1. The van der Waals surface area contributed by atoms with Crippen molar-refractivity contribution in [1.82, 2.24) is 40.1 Å². The maximum atomic E-state index is 13.5. The molecule has 1 aliphatic heterocycles. The number of tetrazole rings is 1. The zero-order valence-corrected chi connectivity index (χ0v) is 24.1. The van der Waals surface area contributed by atoms with Gasteiger partial charge in [0.2, 0.25) is 0 Å². The Kier molecular flexibility index (Phi) is 7.14. The highest BCUT2D eigenvalue weighted by Gasteiger charge is 2.30. The third kappa shape index (κ3) is 5.76. The second-order valence-corrected chi connectivity index (χ2v) is 12.3. The van der Waals surface area contributed by atoms with Crippen molar-refractivity contribution < 1.29 is 9.53 Å². The number of imidazole rings is 1. The number of benzene rings is 1. The van der Waals surface area contributed by atoms with E-state index in [1.165, 1.54) is 6.33 Å². The summed E-state index contributed by atoms with van der Waals surface area (Å²) in [7, 11) is 0. The van der Waals surface area contributed by atoms with Gasteiger partial charge in [-0.05, 0) is 99.6 Å². The number of halogens is 1. The molecule has 2 aliphatic rings. The lowest BCUT2D eigenvalue weighted by molar-refractivity contribution is 0.0491. The summed E-state index contributed by atoms with van der Waals surface area (Å²) in [4.78, 5) is 33.9. The van der Waals surface area contributed by atoms with Crippen LogP contribution in [0.2, 0.25) is 5.02 Å². The first kappa shape index (κ1) is 27.2. The van der Waals surface area contributed by atoms with Crippen LogP contribution in [0.5, 0.6) is 0 Å². The van der Waals surface area contributed by atoms with Crippen molar-refractivity contribution in [2.24, 2.45) is 0 Å². The molecule has 4 aromatic rings. The molecule has 0 radical (unpaired) electrons. The van der Waals surface area contributed by atoms with Gasteiger partial charge in [-0.1, -0.05) is 11.6 Å². The number of fused-ring (bicyclic) bond motifs is 1. The number of carbonyl (C=O) groups excluding carboxylic acids is 1. The molecule has 0 bridgehead atoms. The third-order valence-corrected chi connectivity index (χ3v) is 8.05. The van der Waals surface area contributed by atoms with Crippen LogP contribution in [0.25, 0.3) is 16.8 Å². The predicted molar refractivity (Wildman–Crippen MR) is 153 cm³/mol. The van der Waals surface area contributed by atoms with E-state index in [1.807, 2.05) is 49.7 Å². The van der Waals surface area contributed by atoms with Gasteiger partial charge in [-0.25, -0.2) is 9.78 Å². The van der Waals surface area contributed by atoms with E-state index in [0.717, 1.165) is 72.6 Å². The van der Waals surface area contributed by atoms with Gasteiger partial charge in [-0.15, -0.1) is 5.10 Å². The Labute approximate surface area is 242 Å². The Balaban J connectivity index is 1.17. The largest absolute Gasteiger partial charge is 0.444 e. The Morgan fingerprint density at radius 2 is 1.93 bits per heavy atom. The van der Waals surface area contributed by atoms with Gasteiger partial charge in [0.05, 0.1) is 11.7 Å². The van der Waals surface area contributed by atoms with Gasteiger partial charge in [0.1, 0.15) is 17.8 Å². The van der Waals surface area contributed by atoms with Crippen LogP contribution in [0, 0.1) is 0 Å². The van der Waals surface area contributed by atoms with Gasteiger partial charge < -0.3 is 19.6 Å². The highest BCUT2D eigenvalue weighted by Crippen LogP contribution is 2.36. The van der Waals surface area contributed by atoms with E-state index in [-0.39, 0.29) is 23.7 Å². The lowest BCUT2D eigenvalue weighted by atomic mass is 9.84. The minimum atomic E-state index is -0.510. The number of nitrogens with one attached hydrogen (secondary N) is 2. The zero-order valence-electron chi connectivity index (χ0n) is 23.3. The van der Waals surface area contributed by atoms with Gasteiger partial charge in [-0.3, -0.25) is 4.79 Å². The number of alkyl carbamates (subject to hydrolysis) is 1. The topological polar surface area (TPSA) is 133 Å². The number of aromatic amines is 1. The predicted octanol–water partition coefficient (Wildman–Crippen LogP) is 4.95. The molecule has 1 fully saturated rings. The van der Waals surface area contributed by atoms with Crippen LogP contribution in [0.15, 0.2) is 47.7 Å². The van der Waals surface area contributed by atoms with Crippen LogP contribution in [0.3, 0.4) is 0 Å². The number of rotatable bonds is 5. The minimum Gasteiger partial charge on any atom is -0.444 e. The molecule has 6 rings (SSSR count). The number of carbonyl (C=O) groups is 1. The SMILES string of the molecule is CC(C)(C)OC(=O)NC1CCC(c2cnc([C@@H]3CCc4cc(-c5cc(Cl)ccc5-n5cnnn5)cc(=O)n43)[nH]2)CC1. The molecule has 214 valence electrons. The molecule has 1 saturated carbocycles. The highest BCUT2D eigenvalue weighted by molar-refractivity contribution is 6.31. The smallest absolute Gasteiger partial charge is 0.407 e. The van der Waals surface area contributed by atoms with E-state index in [4.69, 9.17) is 21.3 Å². The fourth-order valence-electron chi connectivity index (χ4n) is 5.97. The van der Waals surface area contributed by atoms with Gasteiger partial charge in [-0.2, -0.15) is 4.68 Å². The van der Waals surface area contributed by atoms with Gasteiger partial charge in [0.25, 0.3) is 5.56 Å². The van der Waals surface area contributed by atoms with Crippen molar-refractivity contribution in [3.63, 3.8) is 0 Å². The summed E-state index contributed by atoms with van der Waals surface area (Å²) in [6.07, 6.45) is 8.24. The molecule has 2 N–H and O–H groups in total. The first-order valence-corrected chi connectivity index (χ1v) is 14.4. The molecule has 12 heteroatoms. The molecular formula is C29H33ClN8O3. The molecule has 3 aromatic heterocycles. The van der Waals surface area contributed by atoms with E-state index in [9.17, 15) is 9.59 Å². The van der Waals surface area contributed by atoms with Crippen molar-refractivity contribution in [2.75, 3.05) is 0 Å². The van der Waals surface area contributed by atoms with Gasteiger partial charge in [0, 0.05) is 46.2 Å². The summed E-state index contributed by atoms with van der Waals surface area (Å²) in [6.45, 7) is 5.59. The molecule has 0 saturated heterocycles. The molecule has 0 spiro atoms. The standard InChI is InChI=1S/C29H33ClN8O3/c1-29(2,3)41-28(40)33-20-7-4-17(5-8-20)23-15-31-27(34-23)25-11-9-21-12-18(13-26(39)38(21)25)22-14-19(30)6-10-24(22)37-16-32-35-36-37/h6,10,12-17,20,25H,4-5,7-9,11H2,1-3H3,(H,31,34)(H,33,40)/t17?,20?,25-/m0/s1. The Bertz CT molecular complexity index is 1610. The first-order valence-electron chi connectivity index (χ1n) is 14.0. The van der Waals surface area contributed by atoms with Crippen molar-refractivity contribution in [3.05, 3.63) is 75.4 Å². The van der Waals surface area contributed by atoms with Crippen LogP contribution in [0.4, 0.5) is 4.79 Å². The number of aromatic nitrogens is 7. The third-order valence-electron chi connectivity index (χ3n) is 7.82. The second-order valence-electron chi connectivity index (χ2n) is 11.8. The maximum Gasteiger partial charge on any atom is 0.407 e. The molecule has 0 unspecified atom stereocenters. The Morgan fingerprint density at radius 1 is 1.12 bits per heavy atom. The summed E-state index contributed by atoms with van der Waals surface area (Å²) in [5, 5.41) is 15.1. The van der Waals surface area contributed by atoms with Crippen LogP contribution < -0.4 is 10.9 Å². The highest BCUT2D eigenvalue weighted by atomic mass is 35.5. The number of ether oxygens (including phenoxy) is 1. The van der Waals surface area contributed by atoms with E-state index < -0.39 is 5.60 Å². The lowest BCUT2D eigenvalue weighted by Gasteiger charge is -2.29. The van der Waals surface area contributed by atoms with E-state index in [2.05, 4.69) is 25.8 Å². The number of amides is 1. The minimum absolute atomic E-state index is 0.0886. The molecule has 1 atom stereocenters. The fraction of sp³-hybridized carbons (Fsp3) is 0.448. The van der Waals surface area contributed by atoms with Crippen molar-refractivity contribution in [2.45, 2.75) is 82.9 Å². The average Bonchev–Trinajstić information content (AvgIpc) is 3.69. The zero-order chi connectivity index (χ0) is 28.7. The van der Waals surface area contributed by atoms with E-state index in [1.54, 1.807) is 16.8 Å². The molecular weight excluding hydrogens is 544 g/mol. The van der Waals surface area contributed by atoms with Crippen LogP contribution in [-0.4, -0.2) is 52.5 Å². The maximum absolute atomic E-state index is 13.5. The Hall–Kier alpha value is -3.99. The molecule has 4 heterocycles. The monoisotopic (exact) mass is 576 g/mol. The molecule has 1 aliphatic carbocycles. The summed E-state index contributed by atoms with van der Waals surface area (Å²) < 4.78 is 8.80. The number of nitrogens with zero attached hydrogens (tertiary/aromatic N) is 6. The van der Waals surface area contributed by atoms with Crippen LogP contribution in [-0.2, 0) is 11.2 Å². The van der Waals surface area contributed by atoms with E-state index >= 15 is 0 Å². The molecule has 41 heavy (non-hydrogen) atoms. The van der Waals surface area contributed by atoms with Crippen LogP contribution in [0.1, 0.15) is 82.0 Å². The van der Waals surface area contributed by atoms with Crippen LogP contribution >= 0.6 is 11.6 Å². The summed E-state index contributed by atoms with van der Waals surface area (Å²) in [5.41, 5.74) is 3.73. The molecule has 1 amide bonds. The first-order chi connectivity index (χ1) is 19.6. The number of hydrogen-bond donors (Lipinski definition) is 2. The quantitative estimate of drug-likeness (QED) is 0.343. The van der Waals surface area contributed by atoms with E-state index in [0.29, 0.717) is 10.9 Å². The van der Waals surface area contributed by atoms with Gasteiger partial charge >= 0.3 is 6.09 Å². The summed E-state index contributed by atoms with van der Waals surface area (Å²) >= 11 is 6.33. The second kappa shape index (κ2) is 10.8. The summed E-state index contributed by atoms with van der Waals surface area (Å²) in [6, 6.07) is 9.09. The normalized spacial score (nSPS) is 20.5. The fourth-order valence-corrected chi connectivity index (χ4v) is 6.14. The van der Waals surface area contributed by atoms with Crippen molar-refractivity contribution in [1.29, 1.82) is 0 Å².